The Hall–Kier alpha value is -3.93. The van der Waals surface area contributed by atoms with Gasteiger partial charge in [0, 0.05) is 23.2 Å². The van der Waals surface area contributed by atoms with Crippen molar-refractivity contribution in [3.05, 3.63) is 90.0 Å². The molecule has 0 aliphatic rings. The van der Waals surface area contributed by atoms with Crippen LogP contribution in [0.15, 0.2) is 78.9 Å². The second kappa shape index (κ2) is 9.32. The second-order valence-electron chi connectivity index (χ2n) is 6.29. The maximum atomic E-state index is 12.4. The van der Waals surface area contributed by atoms with Crippen molar-refractivity contribution in [3.63, 3.8) is 0 Å². The molecule has 3 rings (SSSR count). The fourth-order valence-corrected chi connectivity index (χ4v) is 2.61. The van der Waals surface area contributed by atoms with Crippen LogP contribution >= 0.6 is 0 Å². The highest BCUT2D eigenvalue weighted by molar-refractivity contribution is 6.04. The van der Waals surface area contributed by atoms with Gasteiger partial charge in [0.05, 0.1) is 6.42 Å². The van der Waals surface area contributed by atoms with Crippen LogP contribution < -0.4 is 10.1 Å². The van der Waals surface area contributed by atoms with Crippen molar-refractivity contribution in [1.82, 2.24) is 0 Å². The number of Topliss-reactive ketones (excluding diaryl/α,β-unsaturated/α-hetero) is 1. The van der Waals surface area contributed by atoms with Gasteiger partial charge in [-0.15, -0.1) is 0 Å². The van der Waals surface area contributed by atoms with Gasteiger partial charge in [0.2, 0.25) is 0 Å². The van der Waals surface area contributed by atoms with Crippen molar-refractivity contribution in [2.45, 2.75) is 12.8 Å². The van der Waals surface area contributed by atoms with Crippen LogP contribution in [0.4, 0.5) is 5.69 Å². The summed E-state index contributed by atoms with van der Waals surface area (Å²) in [6, 6.07) is 22.5. The summed E-state index contributed by atoms with van der Waals surface area (Å²) < 4.78 is 5.70. The van der Waals surface area contributed by atoms with Gasteiger partial charge < -0.3 is 15.2 Å². The van der Waals surface area contributed by atoms with Gasteiger partial charge in [-0.2, -0.15) is 0 Å². The molecule has 146 valence electrons. The standard InChI is InChI=1S/C23H19NO5/c25-21(14-15-22(26)27)16-6-10-18(11-7-16)24-23(28)17-8-12-20(13-9-17)29-19-4-2-1-3-5-19/h1-13H,14-15H2,(H,24,28)(H,26,27). The number of carbonyl (C=O) groups excluding carboxylic acids is 2. The number of carboxylic acid groups (broad SMARTS) is 1. The molecule has 0 saturated carbocycles. The van der Waals surface area contributed by atoms with Crippen molar-refractivity contribution < 1.29 is 24.2 Å². The van der Waals surface area contributed by atoms with Crippen molar-refractivity contribution in [3.8, 4) is 11.5 Å². The summed E-state index contributed by atoms with van der Waals surface area (Å²) in [6.45, 7) is 0. The molecule has 3 aromatic rings. The van der Waals surface area contributed by atoms with E-state index < -0.39 is 5.97 Å². The summed E-state index contributed by atoms with van der Waals surface area (Å²) in [5, 5.41) is 11.4. The normalized spacial score (nSPS) is 10.2. The monoisotopic (exact) mass is 389 g/mol. The van der Waals surface area contributed by atoms with Crippen LogP contribution in [0.1, 0.15) is 33.6 Å². The average Bonchev–Trinajstić information content (AvgIpc) is 2.74. The number of aliphatic carboxylic acids is 1. The van der Waals surface area contributed by atoms with Gasteiger partial charge in [0.15, 0.2) is 5.78 Å². The molecule has 0 unspecified atom stereocenters. The van der Waals surface area contributed by atoms with E-state index in [9.17, 15) is 14.4 Å². The number of rotatable bonds is 8. The first-order valence-corrected chi connectivity index (χ1v) is 9.00. The molecular weight excluding hydrogens is 370 g/mol. The molecular formula is C23H19NO5. The van der Waals surface area contributed by atoms with E-state index in [2.05, 4.69) is 5.32 Å². The topological polar surface area (TPSA) is 92.7 Å². The Morgan fingerprint density at radius 3 is 1.93 bits per heavy atom. The molecule has 0 fully saturated rings. The minimum atomic E-state index is -1.01. The molecule has 0 radical (unpaired) electrons. The lowest BCUT2D eigenvalue weighted by molar-refractivity contribution is -0.136. The zero-order chi connectivity index (χ0) is 20.6. The molecule has 0 heterocycles. The van der Waals surface area contributed by atoms with Gasteiger partial charge in [-0.05, 0) is 60.7 Å². The Bertz CT molecular complexity index is 996. The minimum Gasteiger partial charge on any atom is -0.481 e. The first kappa shape index (κ1) is 19.8. The molecule has 0 saturated heterocycles. The number of para-hydroxylation sites is 1. The van der Waals surface area contributed by atoms with Crippen LogP contribution in [0.2, 0.25) is 0 Å². The molecule has 0 aliphatic heterocycles. The summed E-state index contributed by atoms with van der Waals surface area (Å²) in [6.07, 6.45) is -0.264. The van der Waals surface area contributed by atoms with Gasteiger partial charge in [0.25, 0.3) is 5.91 Å². The number of carbonyl (C=O) groups is 3. The van der Waals surface area contributed by atoms with Crippen molar-refractivity contribution in [2.75, 3.05) is 5.32 Å². The maximum absolute atomic E-state index is 12.4. The van der Waals surface area contributed by atoms with Crippen LogP contribution in [0.5, 0.6) is 11.5 Å². The van der Waals surface area contributed by atoms with Crippen LogP contribution in [0.3, 0.4) is 0 Å². The number of nitrogens with one attached hydrogen (secondary N) is 1. The van der Waals surface area contributed by atoms with Crippen LogP contribution in [0, 0.1) is 0 Å². The van der Waals surface area contributed by atoms with E-state index >= 15 is 0 Å². The highest BCUT2D eigenvalue weighted by atomic mass is 16.5. The predicted octanol–water partition coefficient (Wildman–Crippen LogP) is 4.78. The fourth-order valence-electron chi connectivity index (χ4n) is 2.61. The Morgan fingerprint density at radius 1 is 0.724 bits per heavy atom. The van der Waals surface area contributed by atoms with E-state index in [-0.39, 0.29) is 24.5 Å². The third-order valence-electron chi connectivity index (χ3n) is 4.13. The number of ether oxygens (including phenoxy) is 1. The van der Waals surface area contributed by atoms with Gasteiger partial charge in [0.1, 0.15) is 11.5 Å². The lowest BCUT2D eigenvalue weighted by atomic mass is 10.1. The van der Waals surface area contributed by atoms with Crippen LogP contribution in [-0.2, 0) is 4.79 Å². The number of benzene rings is 3. The largest absolute Gasteiger partial charge is 0.481 e. The molecule has 1 amide bonds. The summed E-state index contributed by atoms with van der Waals surface area (Å²) >= 11 is 0. The number of carboxylic acids is 1. The van der Waals surface area contributed by atoms with E-state index in [0.717, 1.165) is 0 Å². The van der Waals surface area contributed by atoms with Gasteiger partial charge in [-0.3, -0.25) is 14.4 Å². The van der Waals surface area contributed by atoms with Crippen molar-refractivity contribution >= 4 is 23.3 Å². The van der Waals surface area contributed by atoms with Gasteiger partial charge in [-0.25, -0.2) is 0 Å². The first-order valence-electron chi connectivity index (χ1n) is 9.00. The number of ketones is 1. The minimum absolute atomic E-state index is 0.0571. The Kier molecular flexibility index (Phi) is 6.37. The van der Waals surface area contributed by atoms with Gasteiger partial charge in [-0.1, -0.05) is 18.2 Å². The lowest BCUT2D eigenvalue weighted by Gasteiger charge is -2.08. The third kappa shape index (κ3) is 5.77. The SMILES string of the molecule is O=C(O)CCC(=O)c1ccc(NC(=O)c2ccc(Oc3ccccc3)cc2)cc1. The highest BCUT2D eigenvalue weighted by Crippen LogP contribution is 2.21. The molecule has 29 heavy (non-hydrogen) atoms. The first-order chi connectivity index (χ1) is 14.0. The average molecular weight is 389 g/mol. The lowest BCUT2D eigenvalue weighted by Crippen LogP contribution is -2.12. The summed E-state index contributed by atoms with van der Waals surface area (Å²) in [4.78, 5) is 34.9. The second-order valence-corrected chi connectivity index (χ2v) is 6.29. The summed E-state index contributed by atoms with van der Waals surface area (Å²) in [5.74, 6) is -0.220. The number of hydrogen-bond donors (Lipinski definition) is 2. The van der Waals surface area contributed by atoms with Crippen LogP contribution in [0.25, 0.3) is 0 Å². The molecule has 6 heteroatoms. The summed E-state index contributed by atoms with van der Waals surface area (Å²) in [5.41, 5.74) is 1.41. The van der Waals surface area contributed by atoms with E-state index in [4.69, 9.17) is 9.84 Å². The highest BCUT2D eigenvalue weighted by Gasteiger charge is 2.10. The Morgan fingerprint density at radius 2 is 1.31 bits per heavy atom. The zero-order valence-electron chi connectivity index (χ0n) is 15.5. The molecule has 3 aromatic carbocycles. The van der Waals surface area contributed by atoms with Crippen LogP contribution in [-0.4, -0.2) is 22.8 Å². The Balaban J connectivity index is 1.58. The van der Waals surface area contributed by atoms with E-state index in [1.165, 1.54) is 0 Å². The van der Waals surface area contributed by atoms with Crippen molar-refractivity contribution in [2.24, 2.45) is 0 Å². The molecule has 0 atom stereocenters. The third-order valence-corrected chi connectivity index (χ3v) is 4.13. The van der Waals surface area contributed by atoms with E-state index in [1.54, 1.807) is 48.5 Å². The zero-order valence-corrected chi connectivity index (χ0v) is 15.5. The Labute approximate surface area is 167 Å². The number of anilines is 1. The molecule has 0 aliphatic carbocycles. The number of hydrogen-bond acceptors (Lipinski definition) is 4. The predicted molar refractivity (Wildman–Crippen MR) is 109 cm³/mol. The molecule has 0 spiro atoms. The summed E-state index contributed by atoms with van der Waals surface area (Å²) in [7, 11) is 0. The quantitative estimate of drug-likeness (QED) is 0.541. The fraction of sp³-hybridized carbons (Fsp3) is 0.0870. The molecule has 0 aromatic heterocycles. The van der Waals surface area contributed by atoms with Crippen molar-refractivity contribution in [1.29, 1.82) is 0 Å². The number of amides is 1. The maximum Gasteiger partial charge on any atom is 0.303 e. The molecule has 0 bridgehead atoms. The van der Waals surface area contributed by atoms with Gasteiger partial charge >= 0.3 is 5.97 Å². The van der Waals surface area contributed by atoms with E-state index in [1.807, 2.05) is 30.3 Å². The molecule has 6 nitrogen and oxygen atoms in total. The molecule has 2 N–H and O–H groups in total. The van der Waals surface area contributed by atoms with E-state index in [0.29, 0.717) is 28.3 Å². The smallest absolute Gasteiger partial charge is 0.303 e.